The highest BCUT2D eigenvalue weighted by molar-refractivity contribution is 9.10. The number of hydrogen-bond donors (Lipinski definition) is 2. The minimum absolute atomic E-state index is 0.0679. The Balaban J connectivity index is 2.20. The van der Waals surface area contributed by atoms with Crippen LogP contribution >= 0.6 is 15.9 Å². The summed E-state index contributed by atoms with van der Waals surface area (Å²) >= 11 is 3.37. The van der Waals surface area contributed by atoms with Crippen LogP contribution in [0.5, 0.6) is 5.75 Å². The summed E-state index contributed by atoms with van der Waals surface area (Å²) in [7, 11) is 0. The Bertz CT molecular complexity index is 416. The predicted molar refractivity (Wildman–Crippen MR) is 64.9 cm³/mol. The number of hydrogen-bond acceptors (Lipinski definition) is 3. The molecule has 1 aromatic rings. The van der Waals surface area contributed by atoms with Crippen LogP contribution < -0.4 is 10.5 Å². The summed E-state index contributed by atoms with van der Waals surface area (Å²) in [5.74, 6) is 1.38. The molecule has 1 aliphatic rings. The number of halogens is 1. The van der Waals surface area contributed by atoms with Gasteiger partial charge in [0, 0.05) is 4.47 Å². The van der Waals surface area contributed by atoms with Gasteiger partial charge in [-0.1, -0.05) is 21.1 Å². The molecule has 0 unspecified atom stereocenters. The van der Waals surface area contributed by atoms with Gasteiger partial charge in [0.25, 0.3) is 0 Å². The van der Waals surface area contributed by atoms with Gasteiger partial charge in [-0.3, -0.25) is 0 Å². The summed E-state index contributed by atoms with van der Waals surface area (Å²) in [6.07, 6.45) is 2.46. The molecule has 0 bridgehead atoms. The van der Waals surface area contributed by atoms with Crippen molar-refractivity contribution >= 4 is 21.8 Å². The highest BCUT2D eigenvalue weighted by Crippen LogP contribution is 2.31. The summed E-state index contributed by atoms with van der Waals surface area (Å²) in [4.78, 5) is 0. The monoisotopic (exact) mass is 284 g/mol. The second kappa shape index (κ2) is 4.74. The molecule has 0 saturated heterocycles. The van der Waals surface area contributed by atoms with Crippen molar-refractivity contribution in [1.29, 1.82) is 0 Å². The van der Waals surface area contributed by atoms with Crippen LogP contribution in [-0.2, 0) is 0 Å². The maximum atomic E-state index is 8.67. The zero-order valence-electron chi connectivity index (χ0n) is 8.69. The first-order chi connectivity index (χ1) is 7.70. The Kier molecular flexibility index (Phi) is 3.33. The highest BCUT2D eigenvalue weighted by Gasteiger charge is 2.22. The van der Waals surface area contributed by atoms with E-state index in [1.54, 1.807) is 6.07 Å². The molecular formula is C11H13BrN2O2. The van der Waals surface area contributed by atoms with Gasteiger partial charge in [-0.05, 0) is 37.0 Å². The van der Waals surface area contributed by atoms with E-state index in [1.807, 2.05) is 12.1 Å². The molecule has 0 spiro atoms. The van der Waals surface area contributed by atoms with E-state index in [4.69, 9.17) is 15.7 Å². The van der Waals surface area contributed by atoms with Gasteiger partial charge >= 0.3 is 0 Å². The Hall–Kier alpha value is -1.23. The standard InChI is InChI=1S/C11H13BrN2O2/c12-8-3-4-9(11(13)14-15)10(5-8)16-6-7-1-2-7/h3-5,7,15H,1-2,6H2,(H2,13,14). The molecule has 2 rings (SSSR count). The minimum atomic E-state index is 0.0679. The van der Waals surface area contributed by atoms with Crippen LogP contribution in [0, 0.1) is 5.92 Å². The predicted octanol–water partition coefficient (Wildman–Crippen LogP) is 2.33. The summed E-state index contributed by atoms with van der Waals surface area (Å²) in [6.45, 7) is 0.697. The third-order valence-corrected chi connectivity index (χ3v) is 2.99. The van der Waals surface area contributed by atoms with Gasteiger partial charge in [-0.15, -0.1) is 0 Å². The molecule has 0 aliphatic heterocycles. The topological polar surface area (TPSA) is 67.8 Å². The number of oxime groups is 1. The molecule has 4 nitrogen and oxygen atoms in total. The summed E-state index contributed by atoms with van der Waals surface area (Å²) in [5.41, 5.74) is 6.19. The van der Waals surface area contributed by atoms with Crippen molar-refractivity contribution in [3.05, 3.63) is 28.2 Å². The molecule has 0 amide bonds. The fraction of sp³-hybridized carbons (Fsp3) is 0.364. The first-order valence-corrected chi connectivity index (χ1v) is 5.90. The first kappa shape index (κ1) is 11.3. The van der Waals surface area contributed by atoms with Crippen molar-refractivity contribution in [2.24, 2.45) is 16.8 Å². The Morgan fingerprint density at radius 2 is 2.31 bits per heavy atom. The highest BCUT2D eigenvalue weighted by atomic mass is 79.9. The fourth-order valence-electron chi connectivity index (χ4n) is 1.37. The van der Waals surface area contributed by atoms with E-state index in [0.717, 1.165) is 4.47 Å². The van der Waals surface area contributed by atoms with E-state index in [-0.39, 0.29) is 5.84 Å². The Morgan fingerprint density at radius 3 is 2.94 bits per heavy atom. The third-order valence-electron chi connectivity index (χ3n) is 2.50. The van der Waals surface area contributed by atoms with Crippen LogP contribution in [0.4, 0.5) is 0 Å². The lowest BCUT2D eigenvalue weighted by atomic mass is 10.2. The zero-order valence-corrected chi connectivity index (χ0v) is 10.3. The Labute approximate surface area is 102 Å². The molecule has 0 heterocycles. The normalized spacial score (nSPS) is 16.2. The molecule has 5 heteroatoms. The van der Waals surface area contributed by atoms with Gasteiger partial charge in [0.1, 0.15) is 5.75 Å². The van der Waals surface area contributed by atoms with Gasteiger partial charge in [-0.25, -0.2) is 0 Å². The summed E-state index contributed by atoms with van der Waals surface area (Å²) in [5, 5.41) is 11.7. The lowest BCUT2D eigenvalue weighted by Crippen LogP contribution is -2.15. The van der Waals surface area contributed by atoms with Crippen molar-refractivity contribution in [2.45, 2.75) is 12.8 Å². The van der Waals surface area contributed by atoms with Crippen LogP contribution in [0.3, 0.4) is 0 Å². The van der Waals surface area contributed by atoms with E-state index in [9.17, 15) is 0 Å². The van der Waals surface area contributed by atoms with Gasteiger partial charge in [-0.2, -0.15) is 0 Å². The van der Waals surface area contributed by atoms with E-state index < -0.39 is 0 Å². The fourth-order valence-corrected chi connectivity index (χ4v) is 1.71. The average Bonchev–Trinajstić information content (AvgIpc) is 3.09. The molecular weight excluding hydrogens is 272 g/mol. The number of ether oxygens (including phenoxy) is 1. The molecule has 1 aliphatic carbocycles. The van der Waals surface area contributed by atoms with E-state index >= 15 is 0 Å². The summed E-state index contributed by atoms with van der Waals surface area (Å²) in [6, 6.07) is 5.43. The van der Waals surface area contributed by atoms with Gasteiger partial charge in [0.15, 0.2) is 5.84 Å². The number of nitrogens with zero attached hydrogens (tertiary/aromatic N) is 1. The second-order valence-corrected chi connectivity index (χ2v) is 4.80. The maximum absolute atomic E-state index is 8.67. The first-order valence-electron chi connectivity index (χ1n) is 5.11. The minimum Gasteiger partial charge on any atom is -0.492 e. The van der Waals surface area contributed by atoms with E-state index in [2.05, 4.69) is 21.1 Å². The molecule has 0 atom stereocenters. The molecule has 86 valence electrons. The molecule has 3 N–H and O–H groups in total. The lowest BCUT2D eigenvalue weighted by molar-refractivity contribution is 0.297. The van der Waals surface area contributed by atoms with Crippen LogP contribution in [-0.4, -0.2) is 17.6 Å². The second-order valence-electron chi connectivity index (χ2n) is 3.88. The van der Waals surface area contributed by atoms with Gasteiger partial charge in [0.05, 0.1) is 12.2 Å². The molecule has 1 saturated carbocycles. The molecule has 16 heavy (non-hydrogen) atoms. The van der Waals surface area contributed by atoms with E-state index in [1.165, 1.54) is 12.8 Å². The van der Waals surface area contributed by atoms with Crippen LogP contribution in [0.2, 0.25) is 0 Å². The van der Waals surface area contributed by atoms with Crippen LogP contribution in [0.25, 0.3) is 0 Å². The van der Waals surface area contributed by atoms with Gasteiger partial charge in [0.2, 0.25) is 0 Å². The van der Waals surface area contributed by atoms with Crippen LogP contribution in [0.1, 0.15) is 18.4 Å². The van der Waals surface area contributed by atoms with Gasteiger partial charge < -0.3 is 15.7 Å². The number of benzene rings is 1. The van der Waals surface area contributed by atoms with Crippen molar-refractivity contribution in [3.63, 3.8) is 0 Å². The molecule has 1 fully saturated rings. The molecule has 1 aromatic carbocycles. The zero-order chi connectivity index (χ0) is 11.5. The van der Waals surface area contributed by atoms with Crippen molar-refractivity contribution in [2.75, 3.05) is 6.61 Å². The number of amidine groups is 1. The number of rotatable bonds is 4. The van der Waals surface area contributed by atoms with E-state index in [0.29, 0.717) is 23.8 Å². The van der Waals surface area contributed by atoms with Crippen molar-refractivity contribution in [1.82, 2.24) is 0 Å². The number of nitrogens with two attached hydrogens (primary N) is 1. The lowest BCUT2D eigenvalue weighted by Gasteiger charge is -2.10. The SMILES string of the molecule is N/C(=N/O)c1ccc(Br)cc1OCC1CC1. The maximum Gasteiger partial charge on any atom is 0.173 e. The summed E-state index contributed by atoms with van der Waals surface area (Å²) < 4.78 is 6.57. The quantitative estimate of drug-likeness (QED) is 0.386. The van der Waals surface area contributed by atoms with Crippen molar-refractivity contribution < 1.29 is 9.94 Å². The average molecular weight is 285 g/mol. The third kappa shape index (κ3) is 2.66. The Morgan fingerprint density at radius 1 is 1.56 bits per heavy atom. The molecule has 0 radical (unpaired) electrons. The van der Waals surface area contributed by atoms with Crippen LogP contribution in [0.15, 0.2) is 27.8 Å². The largest absolute Gasteiger partial charge is 0.492 e. The smallest absolute Gasteiger partial charge is 0.173 e. The molecule has 0 aromatic heterocycles. The van der Waals surface area contributed by atoms with Crippen molar-refractivity contribution in [3.8, 4) is 5.75 Å².